The third-order valence-corrected chi connectivity index (χ3v) is 6.16. The first-order valence-electron chi connectivity index (χ1n) is 9.84. The molecule has 0 radical (unpaired) electrons. The topological polar surface area (TPSA) is 64.4 Å². The molecule has 148 valence electrons. The fourth-order valence-corrected chi connectivity index (χ4v) is 5.00. The summed E-state index contributed by atoms with van der Waals surface area (Å²) in [5, 5.41) is 0.721. The molecule has 1 aliphatic rings. The van der Waals surface area contributed by atoms with Gasteiger partial charge in [-0.15, -0.1) is 11.3 Å². The molecule has 1 unspecified atom stereocenters. The molecule has 1 aliphatic carbocycles. The molecular formula is C20H29N3O3S. The number of rotatable bonds is 7. The van der Waals surface area contributed by atoms with Crippen molar-refractivity contribution < 1.29 is 9.53 Å². The van der Waals surface area contributed by atoms with Crippen molar-refractivity contribution in [1.29, 1.82) is 0 Å². The number of hydrogen-bond donors (Lipinski definition) is 0. The van der Waals surface area contributed by atoms with Gasteiger partial charge in [0.15, 0.2) is 0 Å². The van der Waals surface area contributed by atoms with Crippen molar-refractivity contribution in [3.8, 4) is 0 Å². The molecule has 0 amide bonds. The van der Waals surface area contributed by atoms with E-state index < -0.39 is 6.04 Å². The van der Waals surface area contributed by atoms with Crippen LogP contribution in [0.5, 0.6) is 0 Å². The number of carbonyl (C=O) groups excluding carboxylic acids is 1. The maximum absolute atomic E-state index is 13.5. The van der Waals surface area contributed by atoms with E-state index in [1.165, 1.54) is 11.3 Å². The van der Waals surface area contributed by atoms with E-state index in [9.17, 15) is 9.59 Å². The van der Waals surface area contributed by atoms with Crippen LogP contribution in [0.2, 0.25) is 0 Å². The molecule has 0 saturated carbocycles. The van der Waals surface area contributed by atoms with E-state index in [4.69, 9.17) is 9.72 Å². The number of esters is 1. The Morgan fingerprint density at radius 3 is 2.70 bits per heavy atom. The van der Waals surface area contributed by atoms with Crippen LogP contribution in [0, 0.1) is 0 Å². The monoisotopic (exact) mass is 391 g/mol. The van der Waals surface area contributed by atoms with Crippen LogP contribution in [-0.4, -0.2) is 41.1 Å². The molecule has 27 heavy (non-hydrogen) atoms. The molecule has 0 N–H and O–H groups in total. The summed E-state index contributed by atoms with van der Waals surface area (Å²) in [4.78, 5) is 35.1. The zero-order valence-corrected chi connectivity index (χ0v) is 17.5. The first kappa shape index (κ1) is 20.0. The second-order valence-corrected chi connectivity index (χ2v) is 8.51. The van der Waals surface area contributed by atoms with E-state index in [-0.39, 0.29) is 11.5 Å². The third-order valence-electron chi connectivity index (χ3n) is 4.97. The molecule has 3 rings (SSSR count). The molecule has 0 aromatic carbocycles. The van der Waals surface area contributed by atoms with Crippen LogP contribution in [0.4, 0.5) is 0 Å². The Balaban J connectivity index is 2.19. The number of aromatic nitrogens is 2. The van der Waals surface area contributed by atoms with Crippen molar-refractivity contribution >= 4 is 27.5 Å². The van der Waals surface area contributed by atoms with Gasteiger partial charge in [0, 0.05) is 4.88 Å². The van der Waals surface area contributed by atoms with Gasteiger partial charge in [0.25, 0.3) is 5.56 Å². The Kier molecular flexibility index (Phi) is 6.32. The van der Waals surface area contributed by atoms with E-state index in [0.717, 1.165) is 41.5 Å². The summed E-state index contributed by atoms with van der Waals surface area (Å²) in [5.74, 6) is 0.295. The fraction of sp³-hybridized carbons (Fsp3) is 0.650. The zero-order chi connectivity index (χ0) is 19.6. The van der Waals surface area contributed by atoms with Crippen molar-refractivity contribution in [3.63, 3.8) is 0 Å². The molecule has 6 nitrogen and oxygen atoms in total. The van der Waals surface area contributed by atoms with Crippen LogP contribution in [0.1, 0.15) is 61.8 Å². The van der Waals surface area contributed by atoms with Crippen molar-refractivity contribution in [2.75, 3.05) is 20.7 Å². The smallest absolute Gasteiger partial charge is 0.329 e. The number of fused-ring (bicyclic) bond motifs is 3. The maximum Gasteiger partial charge on any atom is 0.329 e. The van der Waals surface area contributed by atoms with Crippen molar-refractivity contribution in [2.24, 2.45) is 0 Å². The van der Waals surface area contributed by atoms with Crippen LogP contribution in [0.15, 0.2) is 4.79 Å². The molecule has 2 heterocycles. The lowest BCUT2D eigenvalue weighted by Gasteiger charge is -2.22. The van der Waals surface area contributed by atoms with E-state index in [2.05, 4.69) is 0 Å². The SMILES string of the molecule is CCCOC(=O)C(CC)n1c(CN(C)C)nc2sc3c(c2c1=O)CCCC3. The lowest BCUT2D eigenvalue weighted by Crippen LogP contribution is -2.35. The first-order chi connectivity index (χ1) is 13.0. The number of hydrogen-bond acceptors (Lipinski definition) is 6. The van der Waals surface area contributed by atoms with Crippen LogP contribution in [0.3, 0.4) is 0 Å². The van der Waals surface area contributed by atoms with Crippen LogP contribution in [0.25, 0.3) is 10.2 Å². The van der Waals surface area contributed by atoms with Gasteiger partial charge >= 0.3 is 5.97 Å². The van der Waals surface area contributed by atoms with Crippen molar-refractivity contribution in [2.45, 2.75) is 65.0 Å². The number of thiophene rings is 1. The lowest BCUT2D eigenvalue weighted by molar-refractivity contribution is -0.148. The molecule has 0 saturated heterocycles. The quantitative estimate of drug-likeness (QED) is 0.678. The minimum absolute atomic E-state index is 0.0865. The van der Waals surface area contributed by atoms with Gasteiger partial charge in [-0.25, -0.2) is 9.78 Å². The average molecular weight is 392 g/mol. The van der Waals surface area contributed by atoms with Crippen LogP contribution < -0.4 is 5.56 Å². The molecular weight excluding hydrogens is 362 g/mol. The Morgan fingerprint density at radius 2 is 2.04 bits per heavy atom. The average Bonchev–Trinajstić information content (AvgIpc) is 3.00. The summed E-state index contributed by atoms with van der Waals surface area (Å²) in [6, 6.07) is -0.630. The van der Waals surface area contributed by atoms with E-state index in [1.807, 2.05) is 32.8 Å². The van der Waals surface area contributed by atoms with Gasteiger partial charge in [0.1, 0.15) is 16.7 Å². The Labute approximate surface area is 164 Å². The largest absolute Gasteiger partial charge is 0.464 e. The minimum atomic E-state index is -0.630. The Hall–Kier alpha value is -1.73. The van der Waals surface area contributed by atoms with Crippen LogP contribution in [-0.2, 0) is 28.9 Å². The molecule has 7 heteroatoms. The summed E-state index contributed by atoms with van der Waals surface area (Å²) in [5.41, 5.74) is 1.07. The minimum Gasteiger partial charge on any atom is -0.464 e. The van der Waals surface area contributed by atoms with E-state index in [1.54, 1.807) is 15.9 Å². The predicted octanol–water partition coefficient (Wildman–Crippen LogP) is 3.30. The highest BCUT2D eigenvalue weighted by Gasteiger charge is 2.28. The molecule has 1 atom stereocenters. The van der Waals surface area contributed by atoms with Gasteiger partial charge in [0.05, 0.1) is 18.5 Å². The number of carbonyl (C=O) groups is 1. The lowest BCUT2D eigenvalue weighted by atomic mass is 9.97. The van der Waals surface area contributed by atoms with Gasteiger partial charge in [-0.3, -0.25) is 9.36 Å². The molecule has 2 aromatic rings. The molecule has 2 aromatic heterocycles. The standard InChI is InChI=1S/C20H29N3O3S/c1-5-11-26-20(25)14(6-2)23-16(12-22(3)4)21-18-17(19(23)24)13-9-7-8-10-15(13)27-18/h14H,5-12H2,1-4H3. The highest BCUT2D eigenvalue weighted by molar-refractivity contribution is 7.18. The normalized spacial score (nSPS) is 15.1. The number of ether oxygens (including phenoxy) is 1. The summed E-state index contributed by atoms with van der Waals surface area (Å²) < 4.78 is 6.98. The van der Waals surface area contributed by atoms with Crippen molar-refractivity contribution in [1.82, 2.24) is 14.5 Å². The highest BCUT2D eigenvalue weighted by Crippen LogP contribution is 2.34. The maximum atomic E-state index is 13.5. The van der Waals surface area contributed by atoms with E-state index >= 15 is 0 Å². The second-order valence-electron chi connectivity index (χ2n) is 7.42. The molecule has 0 bridgehead atoms. The second kappa shape index (κ2) is 8.52. The molecule has 0 aliphatic heterocycles. The highest BCUT2D eigenvalue weighted by atomic mass is 32.1. The third kappa shape index (κ3) is 3.94. The first-order valence-corrected chi connectivity index (χ1v) is 10.7. The zero-order valence-electron chi connectivity index (χ0n) is 16.7. The fourth-order valence-electron chi connectivity index (χ4n) is 3.73. The van der Waals surface area contributed by atoms with Gasteiger partial charge in [0.2, 0.25) is 0 Å². The molecule has 0 fully saturated rings. The Morgan fingerprint density at radius 1 is 1.30 bits per heavy atom. The van der Waals surface area contributed by atoms with Crippen molar-refractivity contribution in [3.05, 3.63) is 26.6 Å². The summed E-state index contributed by atoms with van der Waals surface area (Å²) in [6.45, 7) is 4.75. The summed E-state index contributed by atoms with van der Waals surface area (Å²) in [7, 11) is 3.88. The van der Waals surface area contributed by atoms with E-state index in [0.29, 0.717) is 25.4 Å². The number of aryl methyl sites for hydroxylation is 2. The Bertz CT molecular complexity index is 885. The van der Waals surface area contributed by atoms with Gasteiger partial charge in [-0.1, -0.05) is 13.8 Å². The number of nitrogens with zero attached hydrogens (tertiary/aromatic N) is 3. The van der Waals surface area contributed by atoms with Crippen LogP contribution >= 0.6 is 11.3 Å². The molecule has 0 spiro atoms. The summed E-state index contributed by atoms with van der Waals surface area (Å²) >= 11 is 1.65. The van der Waals surface area contributed by atoms with Gasteiger partial charge < -0.3 is 9.64 Å². The van der Waals surface area contributed by atoms with Gasteiger partial charge in [-0.05, 0) is 58.2 Å². The predicted molar refractivity (Wildman–Crippen MR) is 108 cm³/mol. The summed E-state index contributed by atoms with van der Waals surface area (Å²) in [6.07, 6.45) is 5.48. The van der Waals surface area contributed by atoms with Gasteiger partial charge in [-0.2, -0.15) is 0 Å².